The summed E-state index contributed by atoms with van der Waals surface area (Å²) in [5.74, 6) is 2.23. The fraction of sp³-hybridized carbons (Fsp3) is 0.909. The van der Waals surface area contributed by atoms with Gasteiger partial charge in [-0.2, -0.15) is 11.8 Å². The summed E-state index contributed by atoms with van der Waals surface area (Å²) in [6.45, 7) is 6.02. The highest BCUT2D eigenvalue weighted by Gasteiger charge is 2.04. The molecule has 0 aromatic rings. The lowest BCUT2D eigenvalue weighted by Gasteiger charge is -2.12. The summed E-state index contributed by atoms with van der Waals surface area (Å²) in [6, 6.07) is 0.384. The van der Waals surface area contributed by atoms with Crippen LogP contribution in [-0.2, 0) is 9.53 Å². The van der Waals surface area contributed by atoms with Gasteiger partial charge in [0.15, 0.2) is 0 Å². The number of methoxy groups -OCH3 is 1. The largest absolute Gasteiger partial charge is 0.385 e. The molecule has 0 saturated heterocycles. The van der Waals surface area contributed by atoms with E-state index in [0.29, 0.717) is 25.7 Å². The Morgan fingerprint density at radius 2 is 2.25 bits per heavy atom. The third-order valence-electron chi connectivity index (χ3n) is 2.03. The molecule has 0 aliphatic heterocycles. The molecule has 0 heterocycles. The van der Waals surface area contributed by atoms with E-state index in [2.05, 4.69) is 24.5 Å². The van der Waals surface area contributed by atoms with E-state index in [-0.39, 0.29) is 5.91 Å². The van der Waals surface area contributed by atoms with Gasteiger partial charge in [0.25, 0.3) is 0 Å². The van der Waals surface area contributed by atoms with Gasteiger partial charge in [-0.05, 0) is 19.1 Å². The molecule has 1 unspecified atom stereocenters. The summed E-state index contributed by atoms with van der Waals surface area (Å²) in [5, 5.41) is 6.03. The van der Waals surface area contributed by atoms with E-state index < -0.39 is 0 Å². The van der Waals surface area contributed by atoms with Crippen LogP contribution in [0.1, 0.15) is 20.3 Å². The van der Waals surface area contributed by atoms with Crippen molar-refractivity contribution in [3.05, 3.63) is 0 Å². The third-order valence-corrected chi connectivity index (χ3v) is 3.17. The summed E-state index contributed by atoms with van der Waals surface area (Å²) in [7, 11) is 1.66. The second-order valence-corrected chi connectivity index (χ2v) is 4.96. The van der Waals surface area contributed by atoms with Gasteiger partial charge in [-0.25, -0.2) is 0 Å². The molecule has 0 aromatic heterocycles. The topological polar surface area (TPSA) is 50.4 Å². The van der Waals surface area contributed by atoms with Gasteiger partial charge < -0.3 is 15.4 Å². The number of thioether (sulfide) groups is 1. The molecule has 96 valence electrons. The minimum atomic E-state index is 0.0597. The number of rotatable bonds is 10. The Morgan fingerprint density at radius 3 is 2.88 bits per heavy atom. The van der Waals surface area contributed by atoms with E-state index in [1.165, 1.54) is 0 Å². The van der Waals surface area contributed by atoms with Crippen molar-refractivity contribution in [1.82, 2.24) is 10.6 Å². The zero-order chi connectivity index (χ0) is 12.2. The number of hydrogen-bond donors (Lipinski definition) is 2. The van der Waals surface area contributed by atoms with Crippen LogP contribution in [0.25, 0.3) is 0 Å². The quantitative estimate of drug-likeness (QED) is 0.563. The van der Waals surface area contributed by atoms with Gasteiger partial charge in [0.1, 0.15) is 0 Å². The second kappa shape index (κ2) is 11.2. The molecule has 1 atom stereocenters. The molecule has 1 amide bonds. The highest BCUT2D eigenvalue weighted by atomic mass is 32.2. The number of hydrogen-bond acceptors (Lipinski definition) is 4. The number of amides is 1. The maximum atomic E-state index is 11.4. The highest BCUT2D eigenvalue weighted by molar-refractivity contribution is 7.99. The molecule has 5 heteroatoms. The van der Waals surface area contributed by atoms with E-state index in [4.69, 9.17) is 4.74 Å². The molecule has 0 fully saturated rings. The molecule has 0 aromatic carbocycles. The van der Waals surface area contributed by atoms with Gasteiger partial charge in [-0.15, -0.1) is 0 Å². The summed E-state index contributed by atoms with van der Waals surface area (Å²) in [5.41, 5.74) is 0. The van der Waals surface area contributed by atoms with E-state index in [9.17, 15) is 4.79 Å². The number of nitrogens with one attached hydrogen (secondary N) is 2. The SMILES string of the molecule is CCSCC(C)NCC(=O)NCCCOC. The van der Waals surface area contributed by atoms with Crippen molar-refractivity contribution < 1.29 is 9.53 Å². The predicted octanol–water partition coefficient (Wildman–Crippen LogP) is 0.870. The Kier molecular flexibility index (Phi) is 11.0. The van der Waals surface area contributed by atoms with Crippen molar-refractivity contribution in [2.75, 3.05) is 38.3 Å². The first kappa shape index (κ1) is 15.7. The summed E-state index contributed by atoms with van der Waals surface area (Å²) < 4.78 is 4.90. The van der Waals surface area contributed by atoms with Crippen LogP contribution in [0.15, 0.2) is 0 Å². The van der Waals surface area contributed by atoms with Crippen LogP contribution in [0.3, 0.4) is 0 Å². The smallest absolute Gasteiger partial charge is 0.233 e. The van der Waals surface area contributed by atoms with Crippen LogP contribution < -0.4 is 10.6 Å². The first-order chi connectivity index (χ1) is 7.70. The Labute approximate surface area is 103 Å². The van der Waals surface area contributed by atoms with Crippen molar-refractivity contribution in [1.29, 1.82) is 0 Å². The lowest BCUT2D eigenvalue weighted by Crippen LogP contribution is -2.39. The van der Waals surface area contributed by atoms with Crippen LogP contribution in [0.2, 0.25) is 0 Å². The van der Waals surface area contributed by atoms with Gasteiger partial charge in [-0.1, -0.05) is 6.92 Å². The molecule has 0 spiro atoms. The molecule has 16 heavy (non-hydrogen) atoms. The molecular formula is C11H24N2O2S. The lowest BCUT2D eigenvalue weighted by atomic mass is 10.4. The Bertz CT molecular complexity index is 179. The van der Waals surface area contributed by atoms with Gasteiger partial charge in [0, 0.05) is 32.1 Å². The van der Waals surface area contributed by atoms with Crippen molar-refractivity contribution >= 4 is 17.7 Å². The first-order valence-electron chi connectivity index (χ1n) is 5.77. The molecule has 0 bridgehead atoms. The molecular weight excluding hydrogens is 224 g/mol. The maximum absolute atomic E-state index is 11.4. The second-order valence-electron chi connectivity index (χ2n) is 3.64. The minimum Gasteiger partial charge on any atom is -0.385 e. The van der Waals surface area contributed by atoms with E-state index in [1.54, 1.807) is 7.11 Å². The Balaban J connectivity index is 3.35. The number of carbonyl (C=O) groups is 1. The van der Waals surface area contributed by atoms with Crippen molar-refractivity contribution in [3.8, 4) is 0 Å². The van der Waals surface area contributed by atoms with Gasteiger partial charge in [-0.3, -0.25) is 4.79 Å². The Morgan fingerprint density at radius 1 is 1.50 bits per heavy atom. The first-order valence-corrected chi connectivity index (χ1v) is 6.93. The average molecular weight is 248 g/mol. The minimum absolute atomic E-state index is 0.0597. The molecule has 0 radical (unpaired) electrons. The molecule has 0 aliphatic carbocycles. The standard InChI is InChI=1S/C11H24N2O2S/c1-4-16-9-10(2)13-8-11(14)12-6-5-7-15-3/h10,13H,4-9H2,1-3H3,(H,12,14). The van der Waals surface area contributed by atoms with E-state index >= 15 is 0 Å². The average Bonchev–Trinajstić information content (AvgIpc) is 2.29. The molecule has 0 rings (SSSR count). The van der Waals surface area contributed by atoms with Crippen LogP contribution >= 0.6 is 11.8 Å². The maximum Gasteiger partial charge on any atom is 0.233 e. The normalized spacial score (nSPS) is 12.4. The number of ether oxygens (including phenoxy) is 1. The van der Waals surface area contributed by atoms with Crippen LogP contribution in [0, 0.1) is 0 Å². The van der Waals surface area contributed by atoms with Gasteiger partial charge >= 0.3 is 0 Å². The van der Waals surface area contributed by atoms with Crippen LogP contribution in [0.4, 0.5) is 0 Å². The third kappa shape index (κ3) is 10.3. The summed E-state index contributed by atoms with van der Waals surface area (Å²) >= 11 is 1.88. The Hall–Kier alpha value is -0.260. The predicted molar refractivity (Wildman–Crippen MR) is 70.0 cm³/mol. The lowest BCUT2D eigenvalue weighted by molar-refractivity contribution is -0.120. The van der Waals surface area contributed by atoms with Gasteiger partial charge in [0.05, 0.1) is 6.54 Å². The van der Waals surface area contributed by atoms with Crippen molar-refractivity contribution in [2.24, 2.45) is 0 Å². The van der Waals surface area contributed by atoms with Crippen molar-refractivity contribution in [3.63, 3.8) is 0 Å². The monoisotopic (exact) mass is 248 g/mol. The zero-order valence-corrected chi connectivity index (χ0v) is 11.4. The van der Waals surface area contributed by atoms with Crippen LogP contribution in [-0.4, -0.2) is 50.3 Å². The fourth-order valence-corrected chi connectivity index (χ4v) is 1.83. The fourth-order valence-electron chi connectivity index (χ4n) is 1.13. The molecule has 4 nitrogen and oxygen atoms in total. The van der Waals surface area contributed by atoms with Crippen molar-refractivity contribution in [2.45, 2.75) is 26.3 Å². The van der Waals surface area contributed by atoms with Gasteiger partial charge in [0.2, 0.25) is 5.91 Å². The number of carbonyl (C=O) groups excluding carboxylic acids is 1. The summed E-state index contributed by atoms with van der Waals surface area (Å²) in [6.07, 6.45) is 0.865. The molecule has 0 saturated carbocycles. The molecule has 0 aliphatic rings. The summed E-state index contributed by atoms with van der Waals surface area (Å²) in [4.78, 5) is 11.4. The van der Waals surface area contributed by atoms with E-state index in [1.807, 2.05) is 11.8 Å². The molecule has 2 N–H and O–H groups in total. The van der Waals surface area contributed by atoms with Crippen LogP contribution in [0.5, 0.6) is 0 Å². The highest BCUT2D eigenvalue weighted by Crippen LogP contribution is 2.00. The van der Waals surface area contributed by atoms with E-state index in [0.717, 1.165) is 17.9 Å². The zero-order valence-electron chi connectivity index (χ0n) is 10.5.